The molecule has 4 aromatic carbocycles. The molecule has 0 bridgehead atoms. The van der Waals surface area contributed by atoms with Crippen molar-refractivity contribution < 1.29 is 22.3 Å². The van der Waals surface area contributed by atoms with Crippen molar-refractivity contribution in [1.82, 2.24) is 0 Å². The topological polar surface area (TPSA) is 33.0 Å². The van der Waals surface area contributed by atoms with Crippen LogP contribution in [-0.4, -0.2) is 6.61 Å². The molecule has 0 aliphatic carbocycles. The Bertz CT molecular complexity index is 1420. The molecule has 4 rings (SSSR count). The summed E-state index contributed by atoms with van der Waals surface area (Å²) in [6.07, 6.45) is 2.12. The molecule has 0 fully saturated rings. The van der Waals surface area contributed by atoms with Gasteiger partial charge in [0.1, 0.15) is 35.1 Å². The van der Waals surface area contributed by atoms with Crippen molar-refractivity contribution in [3.8, 4) is 11.8 Å². The van der Waals surface area contributed by atoms with E-state index in [9.17, 15) is 13.2 Å². The molecule has 0 saturated carbocycles. The fourth-order valence-corrected chi connectivity index (χ4v) is 4.21. The van der Waals surface area contributed by atoms with E-state index in [0.29, 0.717) is 47.8 Å². The maximum absolute atomic E-state index is 15.2. The first kappa shape index (κ1) is 25.2. The fourth-order valence-electron chi connectivity index (χ4n) is 4.21. The number of nitrogens with zero attached hydrogens (tertiary/aromatic N) is 1. The molecule has 36 heavy (non-hydrogen) atoms. The van der Waals surface area contributed by atoms with Crippen LogP contribution >= 0.6 is 0 Å². The number of benzene rings is 4. The van der Waals surface area contributed by atoms with Crippen LogP contribution in [0.1, 0.15) is 41.2 Å². The van der Waals surface area contributed by atoms with Gasteiger partial charge in [-0.25, -0.2) is 17.6 Å². The van der Waals surface area contributed by atoms with E-state index in [1.165, 1.54) is 24.3 Å². The summed E-state index contributed by atoms with van der Waals surface area (Å²) in [7, 11) is 0. The van der Waals surface area contributed by atoms with Crippen LogP contribution in [0.2, 0.25) is 0 Å². The van der Waals surface area contributed by atoms with Gasteiger partial charge in [-0.05, 0) is 66.3 Å². The third-order valence-electron chi connectivity index (χ3n) is 6.19. The standard InChI is InChI=1S/C30H25F4NO/c1-2-13-36-24-16-28(32)26(29(33)17-24)12-6-19-5-11-25-22(14-19)10-9-21(30(25)34)7-3-20-4-8-23(18-35)27(31)15-20/h4-5,8-11,14-17H,2-3,6-7,12-13H2,1H3. The average Bonchev–Trinajstić information content (AvgIpc) is 2.86. The van der Waals surface area contributed by atoms with Gasteiger partial charge in [-0.15, -0.1) is 0 Å². The maximum Gasteiger partial charge on any atom is 0.141 e. The Hall–Kier alpha value is -3.85. The highest BCUT2D eigenvalue weighted by Gasteiger charge is 2.14. The molecule has 0 aliphatic rings. The van der Waals surface area contributed by atoms with E-state index in [2.05, 4.69) is 0 Å². The van der Waals surface area contributed by atoms with Gasteiger partial charge in [0.25, 0.3) is 0 Å². The summed E-state index contributed by atoms with van der Waals surface area (Å²) >= 11 is 0. The molecule has 0 atom stereocenters. The second kappa shape index (κ2) is 11.3. The number of hydrogen-bond donors (Lipinski definition) is 0. The molecule has 0 heterocycles. The highest BCUT2D eigenvalue weighted by Crippen LogP contribution is 2.26. The summed E-state index contributed by atoms with van der Waals surface area (Å²) in [6.45, 7) is 2.30. The third kappa shape index (κ3) is 5.68. The van der Waals surface area contributed by atoms with Crippen LogP contribution in [0, 0.1) is 34.6 Å². The van der Waals surface area contributed by atoms with Gasteiger partial charge in [0, 0.05) is 23.1 Å². The Morgan fingerprint density at radius 3 is 2.14 bits per heavy atom. The lowest BCUT2D eigenvalue weighted by molar-refractivity contribution is 0.313. The zero-order valence-corrected chi connectivity index (χ0v) is 19.9. The molecule has 4 aromatic rings. The summed E-state index contributed by atoms with van der Waals surface area (Å²) in [5.41, 5.74) is 2.02. The number of rotatable bonds is 9. The van der Waals surface area contributed by atoms with Crippen molar-refractivity contribution in [2.45, 2.75) is 39.0 Å². The van der Waals surface area contributed by atoms with Crippen LogP contribution in [-0.2, 0) is 25.7 Å². The van der Waals surface area contributed by atoms with Crippen LogP contribution in [0.5, 0.6) is 5.75 Å². The summed E-state index contributed by atoms with van der Waals surface area (Å²) in [5, 5.41) is 10.0. The molecule has 0 aliphatic heterocycles. The van der Waals surface area contributed by atoms with Crippen molar-refractivity contribution in [2.75, 3.05) is 6.61 Å². The molecule has 184 valence electrons. The van der Waals surface area contributed by atoms with E-state index in [-0.39, 0.29) is 29.1 Å². The molecule has 0 aromatic heterocycles. The number of fused-ring (bicyclic) bond motifs is 1. The summed E-state index contributed by atoms with van der Waals surface area (Å²) in [6, 6.07) is 17.4. The molecule has 0 amide bonds. The first-order valence-corrected chi connectivity index (χ1v) is 11.9. The molecule has 0 radical (unpaired) electrons. The average molecular weight is 492 g/mol. The number of nitriles is 1. The molecule has 0 unspecified atom stereocenters. The zero-order chi connectivity index (χ0) is 25.7. The number of aryl methyl sites for hydroxylation is 3. The number of hydrogen-bond acceptors (Lipinski definition) is 2. The Kier molecular flexibility index (Phi) is 7.90. The predicted octanol–water partition coefficient (Wildman–Crippen LogP) is 7.63. The number of ether oxygens (including phenoxy) is 1. The maximum atomic E-state index is 15.2. The van der Waals surface area contributed by atoms with Gasteiger partial charge in [-0.1, -0.05) is 43.3 Å². The fraction of sp³-hybridized carbons (Fsp3) is 0.233. The highest BCUT2D eigenvalue weighted by atomic mass is 19.1. The van der Waals surface area contributed by atoms with Gasteiger partial charge in [0.15, 0.2) is 0 Å². The molecule has 2 nitrogen and oxygen atoms in total. The lowest BCUT2D eigenvalue weighted by atomic mass is 9.97. The monoisotopic (exact) mass is 491 g/mol. The Morgan fingerprint density at radius 1 is 0.750 bits per heavy atom. The minimum atomic E-state index is -0.639. The third-order valence-corrected chi connectivity index (χ3v) is 6.19. The van der Waals surface area contributed by atoms with Gasteiger partial charge in [0.05, 0.1) is 12.2 Å². The van der Waals surface area contributed by atoms with Crippen LogP contribution in [0.4, 0.5) is 17.6 Å². The molecule has 6 heteroatoms. The lowest BCUT2D eigenvalue weighted by Crippen LogP contribution is -2.02. The molecular formula is C30H25F4NO. The molecule has 0 spiro atoms. The van der Waals surface area contributed by atoms with E-state index in [1.54, 1.807) is 30.3 Å². The van der Waals surface area contributed by atoms with Crippen molar-refractivity contribution in [2.24, 2.45) is 0 Å². The van der Waals surface area contributed by atoms with E-state index < -0.39 is 17.5 Å². The van der Waals surface area contributed by atoms with Crippen LogP contribution < -0.4 is 4.74 Å². The number of halogens is 4. The van der Waals surface area contributed by atoms with E-state index in [0.717, 1.165) is 12.0 Å². The van der Waals surface area contributed by atoms with Crippen LogP contribution in [0.3, 0.4) is 0 Å². The van der Waals surface area contributed by atoms with Gasteiger partial charge >= 0.3 is 0 Å². The minimum absolute atomic E-state index is 0.000266. The van der Waals surface area contributed by atoms with E-state index in [1.807, 2.05) is 19.1 Å². The quantitative estimate of drug-likeness (QED) is 0.226. The smallest absolute Gasteiger partial charge is 0.141 e. The predicted molar refractivity (Wildman–Crippen MR) is 132 cm³/mol. The van der Waals surface area contributed by atoms with E-state index in [4.69, 9.17) is 10.00 Å². The van der Waals surface area contributed by atoms with Gasteiger partial charge in [-0.3, -0.25) is 0 Å². The Labute approximate surface area is 207 Å². The van der Waals surface area contributed by atoms with Crippen molar-refractivity contribution in [3.63, 3.8) is 0 Å². The lowest BCUT2D eigenvalue weighted by Gasteiger charge is -2.11. The summed E-state index contributed by atoms with van der Waals surface area (Å²) in [4.78, 5) is 0. The summed E-state index contributed by atoms with van der Waals surface area (Å²) < 4.78 is 63.2. The largest absolute Gasteiger partial charge is 0.493 e. The van der Waals surface area contributed by atoms with Crippen LogP contribution in [0.15, 0.2) is 60.7 Å². The minimum Gasteiger partial charge on any atom is -0.493 e. The normalized spacial score (nSPS) is 11.0. The van der Waals surface area contributed by atoms with Crippen molar-refractivity contribution in [1.29, 1.82) is 5.26 Å². The summed E-state index contributed by atoms with van der Waals surface area (Å²) in [5.74, 6) is -2.02. The SMILES string of the molecule is CCCOc1cc(F)c(CCc2ccc3c(F)c(CCc4ccc(C#N)c(F)c4)ccc3c2)c(F)c1. The molecule has 0 N–H and O–H groups in total. The second-order valence-corrected chi connectivity index (χ2v) is 8.73. The zero-order valence-electron chi connectivity index (χ0n) is 19.9. The Balaban J connectivity index is 1.46. The van der Waals surface area contributed by atoms with Gasteiger partial charge in [-0.2, -0.15) is 5.26 Å². The first-order chi connectivity index (χ1) is 17.4. The van der Waals surface area contributed by atoms with Gasteiger partial charge in [0.2, 0.25) is 0 Å². The van der Waals surface area contributed by atoms with E-state index >= 15 is 4.39 Å². The van der Waals surface area contributed by atoms with Crippen molar-refractivity contribution in [3.05, 3.63) is 112 Å². The molecular weight excluding hydrogens is 466 g/mol. The van der Waals surface area contributed by atoms with Crippen molar-refractivity contribution >= 4 is 10.8 Å². The van der Waals surface area contributed by atoms with Crippen LogP contribution in [0.25, 0.3) is 10.8 Å². The Morgan fingerprint density at radius 2 is 1.44 bits per heavy atom. The highest BCUT2D eigenvalue weighted by molar-refractivity contribution is 5.84. The van der Waals surface area contributed by atoms with Gasteiger partial charge < -0.3 is 4.74 Å². The first-order valence-electron chi connectivity index (χ1n) is 11.9. The molecule has 0 saturated heterocycles. The second-order valence-electron chi connectivity index (χ2n) is 8.73.